The van der Waals surface area contributed by atoms with Crippen LogP contribution in [0.25, 0.3) is 5.69 Å². The Morgan fingerprint density at radius 3 is 2.61 bits per heavy atom. The molecule has 0 aliphatic rings. The molecule has 2 aromatic heterocycles. The maximum atomic E-state index is 12.5. The summed E-state index contributed by atoms with van der Waals surface area (Å²) in [6, 6.07) is 16.2. The molecule has 0 bridgehead atoms. The van der Waals surface area contributed by atoms with E-state index in [9.17, 15) is 4.79 Å². The Labute approximate surface area is 140 Å². The minimum Gasteiger partial charge on any atom is -0.352 e. The lowest BCUT2D eigenvalue weighted by Gasteiger charge is -2.10. The van der Waals surface area contributed by atoms with Crippen molar-refractivity contribution >= 4 is 17.2 Å². The van der Waals surface area contributed by atoms with Gasteiger partial charge in [0.05, 0.1) is 5.56 Å². The Morgan fingerprint density at radius 2 is 1.91 bits per heavy atom. The molecule has 0 unspecified atom stereocenters. The second-order valence-electron chi connectivity index (χ2n) is 5.54. The highest BCUT2D eigenvalue weighted by Gasteiger charge is 2.16. The first-order valence-corrected chi connectivity index (χ1v) is 8.59. The van der Waals surface area contributed by atoms with Crippen LogP contribution in [0.3, 0.4) is 0 Å². The summed E-state index contributed by atoms with van der Waals surface area (Å²) < 4.78 is 2.12. The van der Waals surface area contributed by atoms with E-state index in [0.29, 0.717) is 6.54 Å². The molecule has 0 atom stereocenters. The number of nitrogens with one attached hydrogen (secondary N) is 1. The van der Waals surface area contributed by atoms with E-state index in [1.54, 1.807) is 11.3 Å². The lowest BCUT2D eigenvalue weighted by molar-refractivity contribution is 0.0953. The normalized spacial score (nSPS) is 10.7. The molecule has 4 heteroatoms. The van der Waals surface area contributed by atoms with Gasteiger partial charge in [-0.1, -0.05) is 24.3 Å². The zero-order valence-corrected chi connectivity index (χ0v) is 14.2. The number of hydrogen-bond acceptors (Lipinski definition) is 2. The molecule has 23 heavy (non-hydrogen) atoms. The fraction of sp³-hybridized carbons (Fsp3) is 0.211. The van der Waals surface area contributed by atoms with E-state index in [2.05, 4.69) is 33.5 Å². The van der Waals surface area contributed by atoms with Crippen LogP contribution in [0.15, 0.2) is 53.9 Å². The highest BCUT2D eigenvalue weighted by molar-refractivity contribution is 7.09. The highest BCUT2D eigenvalue weighted by Crippen LogP contribution is 2.20. The van der Waals surface area contributed by atoms with Crippen LogP contribution >= 0.6 is 11.3 Å². The molecule has 0 spiro atoms. The molecule has 1 N–H and O–H groups in total. The van der Waals surface area contributed by atoms with Crippen molar-refractivity contribution in [3.05, 3.63) is 75.7 Å². The fourth-order valence-electron chi connectivity index (χ4n) is 2.82. The summed E-state index contributed by atoms with van der Waals surface area (Å²) in [5.41, 5.74) is 3.87. The Balaban J connectivity index is 1.74. The molecule has 1 aromatic carbocycles. The minimum absolute atomic E-state index is 0.00293. The molecule has 0 aliphatic heterocycles. The summed E-state index contributed by atoms with van der Waals surface area (Å²) in [6.45, 7) is 4.69. The third-order valence-electron chi connectivity index (χ3n) is 3.93. The standard InChI is InChI=1S/C19H20N2OS/c1-14-13-18(15(2)21(14)16-7-4-3-5-8-16)19(22)20-11-10-17-9-6-12-23-17/h3-9,12-13H,10-11H2,1-2H3,(H,20,22). The number of nitrogens with zero attached hydrogens (tertiary/aromatic N) is 1. The molecule has 3 aromatic rings. The number of carbonyl (C=O) groups is 1. The van der Waals surface area contributed by atoms with Crippen LogP contribution in [0.5, 0.6) is 0 Å². The third kappa shape index (κ3) is 3.37. The van der Waals surface area contributed by atoms with Crippen molar-refractivity contribution in [1.82, 2.24) is 9.88 Å². The zero-order chi connectivity index (χ0) is 16.2. The van der Waals surface area contributed by atoms with Gasteiger partial charge in [-0.3, -0.25) is 4.79 Å². The largest absolute Gasteiger partial charge is 0.352 e. The van der Waals surface area contributed by atoms with Crippen LogP contribution in [0.4, 0.5) is 0 Å². The molecule has 0 radical (unpaired) electrons. The van der Waals surface area contributed by atoms with Crippen molar-refractivity contribution < 1.29 is 4.79 Å². The number of aryl methyl sites for hydroxylation is 1. The number of hydrogen-bond donors (Lipinski definition) is 1. The van der Waals surface area contributed by atoms with E-state index >= 15 is 0 Å². The van der Waals surface area contributed by atoms with Gasteiger partial charge in [0.15, 0.2) is 0 Å². The Kier molecular flexibility index (Phi) is 4.63. The topological polar surface area (TPSA) is 34.0 Å². The number of thiophene rings is 1. The highest BCUT2D eigenvalue weighted by atomic mass is 32.1. The van der Waals surface area contributed by atoms with E-state index in [1.165, 1.54) is 4.88 Å². The number of rotatable bonds is 5. The van der Waals surface area contributed by atoms with Gasteiger partial charge in [0.1, 0.15) is 0 Å². The first-order chi connectivity index (χ1) is 11.2. The predicted molar refractivity (Wildman–Crippen MR) is 95.6 cm³/mol. The molecule has 118 valence electrons. The van der Waals surface area contributed by atoms with Crippen LogP contribution in [0.2, 0.25) is 0 Å². The third-order valence-corrected chi connectivity index (χ3v) is 4.86. The average molecular weight is 324 g/mol. The second kappa shape index (κ2) is 6.84. The number of para-hydroxylation sites is 1. The molecule has 0 aliphatic carbocycles. The van der Waals surface area contributed by atoms with E-state index in [4.69, 9.17) is 0 Å². The zero-order valence-electron chi connectivity index (χ0n) is 13.4. The number of amides is 1. The molecule has 0 saturated carbocycles. The van der Waals surface area contributed by atoms with Crippen molar-refractivity contribution in [3.8, 4) is 5.69 Å². The van der Waals surface area contributed by atoms with Gasteiger partial charge in [0, 0.05) is 28.5 Å². The average Bonchev–Trinajstić information content (AvgIpc) is 3.16. The van der Waals surface area contributed by atoms with Crippen LogP contribution in [0, 0.1) is 13.8 Å². The smallest absolute Gasteiger partial charge is 0.253 e. The van der Waals surface area contributed by atoms with E-state index < -0.39 is 0 Å². The van der Waals surface area contributed by atoms with Gasteiger partial charge in [-0.05, 0) is 49.9 Å². The second-order valence-corrected chi connectivity index (χ2v) is 6.57. The molecular formula is C19H20N2OS. The van der Waals surface area contributed by atoms with Gasteiger partial charge in [-0.15, -0.1) is 11.3 Å². The summed E-state index contributed by atoms with van der Waals surface area (Å²) in [6.07, 6.45) is 0.876. The molecule has 0 saturated heterocycles. The van der Waals surface area contributed by atoms with Crippen LogP contribution < -0.4 is 5.32 Å². The number of benzene rings is 1. The summed E-state index contributed by atoms with van der Waals surface area (Å²) in [7, 11) is 0. The lowest BCUT2D eigenvalue weighted by Crippen LogP contribution is -2.25. The van der Waals surface area contributed by atoms with Crippen molar-refractivity contribution in [3.63, 3.8) is 0 Å². The van der Waals surface area contributed by atoms with E-state index in [1.807, 2.05) is 44.2 Å². The summed E-state index contributed by atoms with van der Waals surface area (Å²) >= 11 is 1.72. The summed E-state index contributed by atoms with van der Waals surface area (Å²) in [4.78, 5) is 13.8. The first kappa shape index (κ1) is 15.6. The monoisotopic (exact) mass is 324 g/mol. The minimum atomic E-state index is -0.00293. The molecule has 1 amide bonds. The van der Waals surface area contributed by atoms with E-state index in [0.717, 1.165) is 29.1 Å². The van der Waals surface area contributed by atoms with Gasteiger partial charge >= 0.3 is 0 Å². The molecule has 0 fully saturated rings. The summed E-state index contributed by atoms with van der Waals surface area (Å²) in [5, 5.41) is 5.08. The van der Waals surface area contributed by atoms with Gasteiger partial charge in [-0.25, -0.2) is 0 Å². The van der Waals surface area contributed by atoms with Crippen molar-refractivity contribution in [2.45, 2.75) is 20.3 Å². The number of carbonyl (C=O) groups excluding carboxylic acids is 1. The van der Waals surface area contributed by atoms with Gasteiger partial charge < -0.3 is 9.88 Å². The van der Waals surface area contributed by atoms with Gasteiger partial charge in [0.2, 0.25) is 0 Å². The van der Waals surface area contributed by atoms with Crippen molar-refractivity contribution in [2.24, 2.45) is 0 Å². The predicted octanol–water partition coefficient (Wildman–Crippen LogP) is 4.13. The Bertz CT molecular complexity index is 788. The fourth-order valence-corrected chi connectivity index (χ4v) is 3.53. The quantitative estimate of drug-likeness (QED) is 0.752. The Hall–Kier alpha value is -2.33. The molecule has 3 rings (SSSR count). The van der Waals surface area contributed by atoms with Crippen LogP contribution in [-0.4, -0.2) is 17.0 Å². The molecular weight excluding hydrogens is 304 g/mol. The Morgan fingerprint density at radius 1 is 1.13 bits per heavy atom. The first-order valence-electron chi connectivity index (χ1n) is 7.72. The number of aromatic nitrogens is 1. The van der Waals surface area contributed by atoms with Crippen LogP contribution in [0.1, 0.15) is 26.6 Å². The maximum Gasteiger partial charge on any atom is 0.253 e. The maximum absolute atomic E-state index is 12.5. The summed E-state index contributed by atoms with van der Waals surface area (Å²) in [5.74, 6) is -0.00293. The van der Waals surface area contributed by atoms with Crippen LogP contribution in [-0.2, 0) is 6.42 Å². The van der Waals surface area contributed by atoms with E-state index in [-0.39, 0.29) is 5.91 Å². The van der Waals surface area contributed by atoms with Gasteiger partial charge in [-0.2, -0.15) is 0 Å². The SMILES string of the molecule is Cc1cc(C(=O)NCCc2cccs2)c(C)n1-c1ccccc1. The molecule has 2 heterocycles. The van der Waals surface area contributed by atoms with Crippen molar-refractivity contribution in [2.75, 3.05) is 6.54 Å². The van der Waals surface area contributed by atoms with Gasteiger partial charge in [0.25, 0.3) is 5.91 Å². The van der Waals surface area contributed by atoms with Crippen molar-refractivity contribution in [1.29, 1.82) is 0 Å². The molecule has 3 nitrogen and oxygen atoms in total. The lowest BCUT2D eigenvalue weighted by atomic mass is 10.2.